The Morgan fingerprint density at radius 2 is 1.62 bits per heavy atom. The molecule has 2 heterocycles. The van der Waals surface area contributed by atoms with Gasteiger partial charge in [0.05, 0.1) is 16.5 Å². The number of benzene rings is 2. The quantitative estimate of drug-likeness (QED) is 0.457. The van der Waals surface area contributed by atoms with Gasteiger partial charge in [0.2, 0.25) is 0 Å². The normalized spacial score (nSPS) is 10.9. The first-order valence-electron chi connectivity index (χ1n) is 9.84. The van der Waals surface area contributed by atoms with Crippen LogP contribution in [0.25, 0.3) is 10.9 Å². The molecule has 0 fully saturated rings. The highest BCUT2D eigenvalue weighted by atomic mass is 16.1. The zero-order chi connectivity index (χ0) is 20.2. The van der Waals surface area contributed by atoms with Crippen molar-refractivity contribution < 1.29 is 4.79 Å². The third kappa shape index (κ3) is 3.61. The van der Waals surface area contributed by atoms with Crippen LogP contribution in [0.3, 0.4) is 0 Å². The summed E-state index contributed by atoms with van der Waals surface area (Å²) >= 11 is 0. The molecule has 0 bridgehead atoms. The van der Waals surface area contributed by atoms with Gasteiger partial charge in [-0.05, 0) is 24.1 Å². The molecule has 144 valence electrons. The van der Waals surface area contributed by atoms with E-state index in [4.69, 9.17) is 0 Å². The summed E-state index contributed by atoms with van der Waals surface area (Å²) in [6.07, 6.45) is 2.93. The number of carbonyl (C=O) groups is 1. The van der Waals surface area contributed by atoms with Crippen molar-refractivity contribution in [2.45, 2.75) is 26.3 Å². The Bertz CT molecular complexity index is 1210. The van der Waals surface area contributed by atoms with E-state index in [0.29, 0.717) is 35.0 Å². The molecule has 4 aromatic rings. The van der Waals surface area contributed by atoms with E-state index in [9.17, 15) is 9.59 Å². The number of hydrogen-bond acceptors (Lipinski definition) is 3. The van der Waals surface area contributed by atoms with Crippen LogP contribution in [0.4, 0.5) is 0 Å². The van der Waals surface area contributed by atoms with Crippen molar-refractivity contribution in [2.24, 2.45) is 0 Å². The lowest BCUT2D eigenvalue weighted by Gasteiger charge is -2.18. The minimum atomic E-state index is -0.106. The van der Waals surface area contributed by atoms with Crippen LogP contribution >= 0.6 is 0 Å². The highest BCUT2D eigenvalue weighted by Gasteiger charge is 2.23. The molecule has 0 aliphatic heterocycles. The van der Waals surface area contributed by atoms with Gasteiger partial charge in [0, 0.05) is 30.4 Å². The van der Waals surface area contributed by atoms with Crippen LogP contribution in [-0.2, 0) is 13.0 Å². The Labute approximate surface area is 169 Å². The fraction of sp³-hybridized carbons (Fsp3) is 0.160. The molecule has 0 amide bonds. The van der Waals surface area contributed by atoms with Crippen molar-refractivity contribution in [2.75, 3.05) is 0 Å². The first-order valence-corrected chi connectivity index (χ1v) is 9.84. The number of hydrogen-bond donors (Lipinski definition) is 0. The first kappa shape index (κ1) is 18.8. The third-order valence-electron chi connectivity index (χ3n) is 5.06. The molecular weight excluding hydrogens is 360 g/mol. The molecule has 2 aromatic heterocycles. The van der Waals surface area contributed by atoms with Crippen LogP contribution < -0.4 is 5.56 Å². The second-order valence-electron chi connectivity index (χ2n) is 7.04. The van der Waals surface area contributed by atoms with Crippen LogP contribution in [0.5, 0.6) is 0 Å². The highest BCUT2D eigenvalue weighted by Crippen LogP contribution is 2.24. The molecule has 2 aromatic carbocycles. The average Bonchev–Trinajstić information content (AvgIpc) is 2.77. The number of aromatic nitrogens is 2. The van der Waals surface area contributed by atoms with Crippen molar-refractivity contribution in [3.63, 3.8) is 0 Å². The van der Waals surface area contributed by atoms with Gasteiger partial charge in [-0.15, -0.1) is 0 Å². The molecule has 0 saturated carbocycles. The Hall–Kier alpha value is -3.53. The number of ketones is 1. The molecule has 0 aliphatic rings. The van der Waals surface area contributed by atoms with Crippen molar-refractivity contribution in [3.05, 3.63) is 112 Å². The lowest BCUT2D eigenvalue weighted by Crippen LogP contribution is -2.28. The van der Waals surface area contributed by atoms with E-state index in [1.165, 1.54) is 0 Å². The fourth-order valence-electron chi connectivity index (χ4n) is 3.72. The smallest absolute Gasteiger partial charge is 0.260 e. The van der Waals surface area contributed by atoms with Crippen LogP contribution in [0.2, 0.25) is 0 Å². The van der Waals surface area contributed by atoms with E-state index < -0.39 is 0 Å². The molecule has 0 saturated heterocycles. The lowest BCUT2D eigenvalue weighted by atomic mass is 9.95. The summed E-state index contributed by atoms with van der Waals surface area (Å²) in [6.45, 7) is 2.59. The number of pyridine rings is 2. The van der Waals surface area contributed by atoms with E-state index in [1.807, 2.05) is 55.5 Å². The van der Waals surface area contributed by atoms with Crippen molar-refractivity contribution >= 4 is 16.7 Å². The summed E-state index contributed by atoms with van der Waals surface area (Å²) in [7, 11) is 0. The van der Waals surface area contributed by atoms with Gasteiger partial charge in [0.25, 0.3) is 5.56 Å². The van der Waals surface area contributed by atoms with E-state index >= 15 is 0 Å². The van der Waals surface area contributed by atoms with Gasteiger partial charge in [-0.1, -0.05) is 67.6 Å². The number of carbonyl (C=O) groups excluding carboxylic acids is 1. The van der Waals surface area contributed by atoms with Gasteiger partial charge < -0.3 is 4.57 Å². The van der Waals surface area contributed by atoms with E-state index in [0.717, 1.165) is 17.7 Å². The van der Waals surface area contributed by atoms with Gasteiger partial charge >= 0.3 is 0 Å². The second-order valence-corrected chi connectivity index (χ2v) is 7.04. The Balaban J connectivity index is 2.05. The van der Waals surface area contributed by atoms with Crippen LogP contribution in [0.1, 0.15) is 40.5 Å². The molecule has 4 rings (SSSR count). The molecule has 0 spiro atoms. The zero-order valence-electron chi connectivity index (χ0n) is 16.3. The van der Waals surface area contributed by atoms with E-state index in [1.54, 1.807) is 35.0 Å². The topological polar surface area (TPSA) is 52.0 Å². The molecule has 4 heteroatoms. The van der Waals surface area contributed by atoms with Gasteiger partial charge in [-0.3, -0.25) is 14.6 Å². The summed E-state index contributed by atoms with van der Waals surface area (Å²) in [4.78, 5) is 31.3. The van der Waals surface area contributed by atoms with Crippen LogP contribution in [-0.4, -0.2) is 15.3 Å². The Morgan fingerprint density at radius 3 is 2.31 bits per heavy atom. The maximum atomic E-state index is 13.6. The average molecular weight is 382 g/mol. The lowest BCUT2D eigenvalue weighted by molar-refractivity contribution is 0.103. The summed E-state index contributed by atoms with van der Waals surface area (Å²) in [6, 6.07) is 22.6. The van der Waals surface area contributed by atoms with Gasteiger partial charge in [-0.2, -0.15) is 0 Å². The SMILES string of the molecule is CCCn1c(Cc2ccccc2)c(C(=O)c2ccccc2)c2ncccc2c1=O. The van der Waals surface area contributed by atoms with Crippen molar-refractivity contribution in [3.8, 4) is 0 Å². The van der Waals surface area contributed by atoms with E-state index in [-0.39, 0.29) is 11.3 Å². The predicted molar refractivity (Wildman–Crippen MR) is 115 cm³/mol. The van der Waals surface area contributed by atoms with Crippen molar-refractivity contribution in [1.29, 1.82) is 0 Å². The number of nitrogens with zero attached hydrogens (tertiary/aromatic N) is 2. The fourth-order valence-corrected chi connectivity index (χ4v) is 3.72. The zero-order valence-corrected chi connectivity index (χ0v) is 16.3. The minimum absolute atomic E-state index is 0.0921. The third-order valence-corrected chi connectivity index (χ3v) is 5.06. The standard InChI is InChI=1S/C25H22N2O2/c1-2-16-27-21(17-18-10-5-3-6-11-18)22(24(28)19-12-7-4-8-13-19)23-20(25(27)29)14-9-15-26-23/h3-15H,2,16-17H2,1H3. The summed E-state index contributed by atoms with van der Waals surface area (Å²) < 4.78 is 1.76. The van der Waals surface area contributed by atoms with Crippen molar-refractivity contribution in [1.82, 2.24) is 9.55 Å². The maximum Gasteiger partial charge on any atom is 0.260 e. The number of fused-ring (bicyclic) bond motifs is 1. The minimum Gasteiger partial charge on any atom is -0.311 e. The van der Waals surface area contributed by atoms with Gasteiger partial charge in [0.15, 0.2) is 5.78 Å². The predicted octanol–water partition coefficient (Wildman–Crippen LogP) is 4.63. The van der Waals surface area contributed by atoms with E-state index in [2.05, 4.69) is 4.98 Å². The highest BCUT2D eigenvalue weighted by molar-refractivity contribution is 6.16. The molecule has 29 heavy (non-hydrogen) atoms. The van der Waals surface area contributed by atoms with Crippen LogP contribution in [0.15, 0.2) is 83.8 Å². The monoisotopic (exact) mass is 382 g/mol. The molecule has 0 aliphatic carbocycles. The number of rotatable bonds is 6. The molecule has 0 N–H and O–H groups in total. The summed E-state index contributed by atoms with van der Waals surface area (Å²) in [5, 5.41) is 0.483. The first-order chi connectivity index (χ1) is 14.2. The molecule has 0 unspecified atom stereocenters. The largest absolute Gasteiger partial charge is 0.311 e. The van der Waals surface area contributed by atoms with Gasteiger partial charge in [0.1, 0.15) is 0 Å². The molecular formula is C25H22N2O2. The summed E-state index contributed by atoms with van der Waals surface area (Å²) in [5.74, 6) is -0.106. The second kappa shape index (κ2) is 8.23. The molecule has 4 nitrogen and oxygen atoms in total. The summed E-state index contributed by atoms with van der Waals surface area (Å²) in [5.41, 5.74) is 3.27. The molecule has 0 atom stereocenters. The maximum absolute atomic E-state index is 13.6. The van der Waals surface area contributed by atoms with Crippen LogP contribution in [0, 0.1) is 0 Å². The molecule has 0 radical (unpaired) electrons. The van der Waals surface area contributed by atoms with Gasteiger partial charge in [-0.25, -0.2) is 0 Å². The Kier molecular flexibility index (Phi) is 5.34. The Morgan fingerprint density at radius 1 is 0.931 bits per heavy atom.